The SMILES string of the molecule is CC(=O)NC(c1ccccc1)C1(C)CCCC1. The van der Waals surface area contributed by atoms with Crippen LogP contribution < -0.4 is 5.32 Å². The number of rotatable bonds is 3. The molecular formula is C15H21NO. The van der Waals surface area contributed by atoms with Gasteiger partial charge in [-0.3, -0.25) is 4.79 Å². The lowest BCUT2D eigenvalue weighted by molar-refractivity contribution is -0.120. The van der Waals surface area contributed by atoms with E-state index in [9.17, 15) is 4.79 Å². The van der Waals surface area contributed by atoms with E-state index in [0.29, 0.717) is 0 Å². The van der Waals surface area contributed by atoms with E-state index >= 15 is 0 Å². The predicted octanol–water partition coefficient (Wildman–Crippen LogP) is 3.44. The highest BCUT2D eigenvalue weighted by Crippen LogP contribution is 2.47. The molecule has 0 saturated heterocycles. The Morgan fingerprint density at radius 1 is 1.24 bits per heavy atom. The second-order valence-corrected chi connectivity index (χ2v) is 5.41. The summed E-state index contributed by atoms with van der Waals surface area (Å²) in [6, 6.07) is 10.5. The minimum atomic E-state index is 0.0620. The van der Waals surface area contributed by atoms with E-state index in [1.807, 2.05) is 18.2 Å². The molecule has 0 radical (unpaired) electrons. The molecule has 1 saturated carbocycles. The smallest absolute Gasteiger partial charge is 0.217 e. The Kier molecular flexibility index (Phi) is 3.51. The van der Waals surface area contributed by atoms with E-state index in [4.69, 9.17) is 0 Å². The molecule has 0 spiro atoms. The Hall–Kier alpha value is -1.31. The van der Waals surface area contributed by atoms with Crippen molar-refractivity contribution in [1.82, 2.24) is 5.32 Å². The minimum absolute atomic E-state index is 0.0620. The fourth-order valence-electron chi connectivity index (χ4n) is 2.98. The van der Waals surface area contributed by atoms with Gasteiger partial charge in [0.1, 0.15) is 0 Å². The number of carbonyl (C=O) groups excluding carboxylic acids is 1. The van der Waals surface area contributed by atoms with Crippen molar-refractivity contribution in [1.29, 1.82) is 0 Å². The van der Waals surface area contributed by atoms with Gasteiger partial charge in [-0.2, -0.15) is 0 Å². The number of benzene rings is 1. The summed E-state index contributed by atoms with van der Waals surface area (Å²) in [5.41, 5.74) is 1.44. The molecule has 1 amide bonds. The zero-order valence-electron chi connectivity index (χ0n) is 10.7. The zero-order chi connectivity index (χ0) is 12.3. The van der Waals surface area contributed by atoms with Crippen LogP contribution in [0.1, 0.15) is 51.1 Å². The molecule has 1 fully saturated rings. The first-order chi connectivity index (χ1) is 8.12. The molecule has 17 heavy (non-hydrogen) atoms. The van der Waals surface area contributed by atoms with Crippen molar-refractivity contribution >= 4 is 5.91 Å². The Bertz CT molecular complexity index is 379. The molecule has 2 heteroatoms. The van der Waals surface area contributed by atoms with E-state index in [2.05, 4.69) is 24.4 Å². The Labute approximate surface area is 103 Å². The number of hydrogen-bond donors (Lipinski definition) is 1. The average molecular weight is 231 g/mol. The van der Waals surface area contributed by atoms with Crippen molar-refractivity contribution in [3.8, 4) is 0 Å². The first kappa shape index (κ1) is 12.2. The molecule has 1 aromatic carbocycles. The van der Waals surface area contributed by atoms with Crippen LogP contribution in [0.4, 0.5) is 0 Å². The first-order valence-corrected chi connectivity index (χ1v) is 6.44. The maximum absolute atomic E-state index is 11.4. The molecule has 0 bridgehead atoms. The van der Waals surface area contributed by atoms with Gasteiger partial charge in [0.15, 0.2) is 0 Å². The molecule has 1 unspecified atom stereocenters. The maximum Gasteiger partial charge on any atom is 0.217 e. The summed E-state index contributed by atoms with van der Waals surface area (Å²) in [6.07, 6.45) is 4.96. The van der Waals surface area contributed by atoms with Gasteiger partial charge >= 0.3 is 0 Å². The summed E-state index contributed by atoms with van der Waals surface area (Å²) in [4.78, 5) is 11.4. The normalized spacial score (nSPS) is 19.9. The van der Waals surface area contributed by atoms with Crippen LogP contribution in [0.25, 0.3) is 0 Å². The Balaban J connectivity index is 2.28. The van der Waals surface area contributed by atoms with Crippen molar-refractivity contribution in [2.75, 3.05) is 0 Å². The second-order valence-electron chi connectivity index (χ2n) is 5.41. The van der Waals surface area contributed by atoms with Gasteiger partial charge in [-0.1, -0.05) is 50.1 Å². The Morgan fingerprint density at radius 2 is 1.82 bits per heavy atom. The molecule has 0 heterocycles. The molecule has 2 nitrogen and oxygen atoms in total. The minimum Gasteiger partial charge on any atom is -0.349 e. The summed E-state index contributed by atoms with van der Waals surface area (Å²) in [5, 5.41) is 3.14. The first-order valence-electron chi connectivity index (χ1n) is 6.44. The van der Waals surface area contributed by atoms with Gasteiger partial charge in [0.05, 0.1) is 6.04 Å². The van der Waals surface area contributed by atoms with Crippen molar-refractivity contribution in [3.63, 3.8) is 0 Å². The highest BCUT2D eigenvalue weighted by Gasteiger charge is 2.38. The molecular weight excluding hydrogens is 210 g/mol. The van der Waals surface area contributed by atoms with Crippen LogP contribution >= 0.6 is 0 Å². The topological polar surface area (TPSA) is 29.1 Å². The number of nitrogens with one attached hydrogen (secondary N) is 1. The van der Waals surface area contributed by atoms with Crippen LogP contribution in [0.2, 0.25) is 0 Å². The molecule has 0 aliphatic heterocycles. The van der Waals surface area contributed by atoms with Crippen LogP contribution in [-0.4, -0.2) is 5.91 Å². The van der Waals surface area contributed by atoms with E-state index < -0.39 is 0 Å². The third kappa shape index (κ3) is 2.68. The molecule has 0 aromatic heterocycles. The molecule has 1 aliphatic carbocycles. The van der Waals surface area contributed by atoms with Gasteiger partial charge in [0.2, 0.25) is 5.91 Å². The number of amides is 1. The summed E-state index contributed by atoms with van der Waals surface area (Å²) in [5.74, 6) is 0.0620. The molecule has 2 rings (SSSR count). The standard InChI is InChI=1S/C15H21NO/c1-12(17)16-14(13-8-4-3-5-9-13)15(2)10-6-7-11-15/h3-5,8-9,14H,6-7,10-11H2,1-2H3,(H,16,17). The van der Waals surface area contributed by atoms with Crippen LogP contribution in [0, 0.1) is 5.41 Å². The van der Waals surface area contributed by atoms with E-state index in [1.54, 1.807) is 6.92 Å². The lowest BCUT2D eigenvalue weighted by Crippen LogP contribution is -2.37. The third-order valence-corrected chi connectivity index (χ3v) is 3.92. The van der Waals surface area contributed by atoms with Crippen molar-refractivity contribution in [2.24, 2.45) is 5.41 Å². The Morgan fingerprint density at radius 3 is 2.35 bits per heavy atom. The monoisotopic (exact) mass is 231 g/mol. The second kappa shape index (κ2) is 4.91. The summed E-state index contributed by atoms with van der Waals surface area (Å²) < 4.78 is 0. The van der Waals surface area contributed by atoms with Gasteiger partial charge in [0, 0.05) is 6.92 Å². The lowest BCUT2D eigenvalue weighted by Gasteiger charge is -2.35. The van der Waals surface area contributed by atoms with Gasteiger partial charge in [-0.05, 0) is 23.8 Å². The van der Waals surface area contributed by atoms with Crippen LogP contribution in [-0.2, 0) is 4.79 Å². The summed E-state index contributed by atoms with van der Waals surface area (Å²) in [6.45, 7) is 3.90. The van der Waals surface area contributed by atoms with Crippen LogP contribution in [0.3, 0.4) is 0 Å². The zero-order valence-corrected chi connectivity index (χ0v) is 10.7. The van der Waals surface area contributed by atoms with E-state index in [0.717, 1.165) is 0 Å². The fraction of sp³-hybridized carbons (Fsp3) is 0.533. The highest BCUT2D eigenvalue weighted by molar-refractivity contribution is 5.73. The highest BCUT2D eigenvalue weighted by atomic mass is 16.1. The number of carbonyl (C=O) groups is 1. The lowest BCUT2D eigenvalue weighted by atomic mass is 9.77. The van der Waals surface area contributed by atoms with Gasteiger partial charge in [-0.15, -0.1) is 0 Å². The summed E-state index contributed by atoms with van der Waals surface area (Å²) in [7, 11) is 0. The van der Waals surface area contributed by atoms with Gasteiger partial charge in [-0.25, -0.2) is 0 Å². The van der Waals surface area contributed by atoms with Gasteiger partial charge < -0.3 is 5.32 Å². The molecule has 1 N–H and O–H groups in total. The maximum atomic E-state index is 11.4. The van der Waals surface area contributed by atoms with Crippen molar-refractivity contribution in [3.05, 3.63) is 35.9 Å². The fourth-order valence-corrected chi connectivity index (χ4v) is 2.98. The predicted molar refractivity (Wildman–Crippen MR) is 69.6 cm³/mol. The molecule has 1 aliphatic rings. The average Bonchev–Trinajstić information content (AvgIpc) is 2.75. The van der Waals surface area contributed by atoms with Crippen LogP contribution in [0.5, 0.6) is 0 Å². The van der Waals surface area contributed by atoms with Crippen molar-refractivity contribution < 1.29 is 4.79 Å². The quantitative estimate of drug-likeness (QED) is 0.848. The third-order valence-electron chi connectivity index (χ3n) is 3.92. The summed E-state index contributed by atoms with van der Waals surface area (Å²) >= 11 is 0. The number of hydrogen-bond acceptors (Lipinski definition) is 1. The van der Waals surface area contributed by atoms with Gasteiger partial charge in [0.25, 0.3) is 0 Å². The largest absolute Gasteiger partial charge is 0.349 e. The van der Waals surface area contributed by atoms with E-state index in [1.165, 1.54) is 31.2 Å². The molecule has 92 valence electrons. The van der Waals surface area contributed by atoms with E-state index in [-0.39, 0.29) is 17.4 Å². The van der Waals surface area contributed by atoms with Crippen LogP contribution in [0.15, 0.2) is 30.3 Å². The molecule has 1 aromatic rings. The molecule has 1 atom stereocenters. The van der Waals surface area contributed by atoms with Crippen molar-refractivity contribution in [2.45, 2.75) is 45.6 Å².